The van der Waals surface area contributed by atoms with Gasteiger partial charge in [0.25, 0.3) is 0 Å². The summed E-state index contributed by atoms with van der Waals surface area (Å²) in [6.45, 7) is 0.499. The molecule has 10 nitrogen and oxygen atoms in total. The fraction of sp³-hybridized carbons (Fsp3) is 0.208. The van der Waals surface area contributed by atoms with Gasteiger partial charge in [-0.25, -0.2) is 22.9 Å². The van der Waals surface area contributed by atoms with Crippen molar-refractivity contribution in [2.45, 2.75) is 17.5 Å². The molecule has 0 spiro atoms. The molecule has 2 aromatic carbocycles. The summed E-state index contributed by atoms with van der Waals surface area (Å²) in [6, 6.07) is 9.80. The van der Waals surface area contributed by atoms with Crippen molar-refractivity contribution in [3.05, 3.63) is 65.9 Å². The molecule has 0 radical (unpaired) electrons. The summed E-state index contributed by atoms with van der Waals surface area (Å²) in [7, 11) is -3.66. The van der Waals surface area contributed by atoms with E-state index >= 15 is 0 Å². The van der Waals surface area contributed by atoms with Crippen molar-refractivity contribution in [1.29, 1.82) is 0 Å². The summed E-state index contributed by atoms with van der Waals surface area (Å²) in [6.07, 6.45) is -2.57. The zero-order valence-corrected chi connectivity index (χ0v) is 20.5. The largest absolute Gasteiger partial charge is 0.416 e. The van der Waals surface area contributed by atoms with Crippen LogP contribution in [-0.4, -0.2) is 44.1 Å². The Kier molecular flexibility index (Phi) is 7.99. The van der Waals surface area contributed by atoms with Crippen LogP contribution in [0.25, 0.3) is 0 Å². The highest BCUT2D eigenvalue weighted by Crippen LogP contribution is 2.30. The molecule has 1 aromatic heterocycles. The first kappa shape index (κ1) is 26.7. The average Bonchev–Trinajstić information content (AvgIpc) is 2.87. The zero-order chi connectivity index (χ0) is 27.2. The second-order valence-corrected chi connectivity index (χ2v) is 9.74. The molecule has 2 amide bonds. The number of urea groups is 1. The maximum absolute atomic E-state index is 12.8. The maximum atomic E-state index is 12.8. The van der Waals surface area contributed by atoms with Gasteiger partial charge in [0.2, 0.25) is 16.0 Å². The van der Waals surface area contributed by atoms with Gasteiger partial charge < -0.3 is 21.3 Å². The Balaban J connectivity index is 1.43. The molecule has 0 saturated heterocycles. The third-order valence-corrected chi connectivity index (χ3v) is 6.59. The highest BCUT2D eigenvalue weighted by molar-refractivity contribution is 7.89. The lowest BCUT2D eigenvalue weighted by atomic mass is 10.2. The average molecular weight is 546 g/mol. The lowest BCUT2D eigenvalue weighted by molar-refractivity contribution is -0.137. The molecule has 3 aromatic rings. The normalized spacial score (nSPS) is 14.6. The van der Waals surface area contributed by atoms with Crippen LogP contribution in [0.3, 0.4) is 0 Å². The number of aromatic nitrogens is 2. The van der Waals surface area contributed by atoms with Crippen molar-refractivity contribution in [3.8, 4) is 11.8 Å². The monoisotopic (exact) mass is 545 g/mol. The first-order chi connectivity index (χ1) is 18.1. The lowest BCUT2D eigenvalue weighted by Crippen LogP contribution is -2.29. The number of sulfonamides is 1. The smallest absolute Gasteiger partial charge is 0.369 e. The Morgan fingerprint density at radius 1 is 1.11 bits per heavy atom. The summed E-state index contributed by atoms with van der Waals surface area (Å²) >= 11 is 0. The molecular formula is C24H22F3N7O3S. The molecule has 4 rings (SSSR count). The van der Waals surface area contributed by atoms with E-state index in [1.54, 1.807) is 12.1 Å². The first-order valence-corrected chi connectivity index (χ1v) is 12.8. The first-order valence-electron chi connectivity index (χ1n) is 11.3. The van der Waals surface area contributed by atoms with E-state index in [1.807, 2.05) is 0 Å². The molecule has 0 atom stereocenters. The van der Waals surface area contributed by atoms with Crippen LogP contribution in [0, 0.1) is 11.8 Å². The minimum absolute atomic E-state index is 0.00922. The van der Waals surface area contributed by atoms with Crippen LogP contribution < -0.4 is 26.0 Å². The second-order valence-electron chi connectivity index (χ2n) is 7.97. The van der Waals surface area contributed by atoms with Gasteiger partial charge in [0.15, 0.2) is 0 Å². The molecule has 1 aliphatic rings. The van der Waals surface area contributed by atoms with E-state index in [1.165, 1.54) is 30.5 Å². The fourth-order valence-corrected chi connectivity index (χ4v) is 4.46. The van der Waals surface area contributed by atoms with Crippen LogP contribution in [0.4, 0.5) is 41.1 Å². The Morgan fingerprint density at radius 3 is 2.74 bits per heavy atom. The van der Waals surface area contributed by atoms with Crippen LogP contribution in [0.5, 0.6) is 0 Å². The number of fused-ring (bicyclic) bond motifs is 4. The van der Waals surface area contributed by atoms with Gasteiger partial charge in [0, 0.05) is 24.5 Å². The van der Waals surface area contributed by atoms with Crippen LogP contribution >= 0.6 is 0 Å². The van der Waals surface area contributed by atoms with E-state index in [9.17, 15) is 26.4 Å². The summed E-state index contributed by atoms with van der Waals surface area (Å²) in [5.74, 6) is 6.22. The molecule has 0 unspecified atom stereocenters. The highest BCUT2D eigenvalue weighted by atomic mass is 32.2. The molecule has 0 aliphatic carbocycles. The number of anilines is 4. The van der Waals surface area contributed by atoms with E-state index in [2.05, 4.69) is 47.8 Å². The van der Waals surface area contributed by atoms with Gasteiger partial charge in [0.1, 0.15) is 5.82 Å². The number of amides is 2. The Bertz CT molecular complexity index is 1500. The number of carbonyl (C=O) groups excluding carboxylic acids is 1. The van der Waals surface area contributed by atoms with Gasteiger partial charge in [-0.05, 0) is 42.8 Å². The van der Waals surface area contributed by atoms with Gasteiger partial charge in [-0.2, -0.15) is 18.2 Å². The predicted octanol–water partition coefficient (Wildman–Crippen LogP) is 3.51. The van der Waals surface area contributed by atoms with Crippen molar-refractivity contribution < 1.29 is 26.4 Å². The number of hydrogen-bond donors (Lipinski definition) is 5. The van der Waals surface area contributed by atoms with Crippen molar-refractivity contribution in [1.82, 2.24) is 20.0 Å². The number of rotatable bonds is 2. The standard InChI is InChI=1S/C24H22F3N7O3S/c25-24(26,27)17-6-1-7-18(13-17)33-23(35)29-10-3-5-16-15-30-22-32-19-8-2-9-20(14-19)38(36,37)31-12-4-11-28-21(16)34-22/h1-2,6-9,13-15,31H,4,10-12H2,(H2,29,33,35)(H2,28,30,32,34). The minimum atomic E-state index is -4.52. The summed E-state index contributed by atoms with van der Waals surface area (Å²) in [5, 5.41) is 10.9. The van der Waals surface area contributed by atoms with Crippen LogP contribution in [-0.2, 0) is 16.2 Å². The van der Waals surface area contributed by atoms with Gasteiger partial charge in [-0.15, -0.1) is 0 Å². The number of alkyl halides is 3. The van der Waals surface area contributed by atoms with Gasteiger partial charge in [-0.1, -0.05) is 24.0 Å². The van der Waals surface area contributed by atoms with Crippen LogP contribution in [0.15, 0.2) is 59.6 Å². The van der Waals surface area contributed by atoms with Crippen molar-refractivity contribution in [3.63, 3.8) is 0 Å². The van der Waals surface area contributed by atoms with E-state index in [0.29, 0.717) is 30.0 Å². The van der Waals surface area contributed by atoms with E-state index in [0.717, 1.165) is 12.1 Å². The lowest BCUT2D eigenvalue weighted by Gasteiger charge is -2.10. The Labute approximate surface area is 216 Å². The Morgan fingerprint density at radius 2 is 1.92 bits per heavy atom. The fourth-order valence-electron chi connectivity index (χ4n) is 3.34. The van der Waals surface area contributed by atoms with Crippen molar-refractivity contribution >= 4 is 39.2 Å². The number of carbonyl (C=O) groups is 1. The van der Waals surface area contributed by atoms with E-state index < -0.39 is 27.8 Å². The number of hydrogen-bond acceptors (Lipinski definition) is 7. The molecule has 198 valence electrons. The zero-order valence-electron chi connectivity index (χ0n) is 19.7. The van der Waals surface area contributed by atoms with Gasteiger partial charge >= 0.3 is 12.2 Å². The van der Waals surface area contributed by atoms with Gasteiger partial charge in [-0.3, -0.25) is 0 Å². The number of halogens is 3. The molecular weight excluding hydrogens is 523 g/mol. The number of nitrogens with one attached hydrogen (secondary N) is 5. The van der Waals surface area contributed by atoms with Crippen LogP contribution in [0.1, 0.15) is 17.5 Å². The molecule has 2 heterocycles. The SMILES string of the molecule is O=C(NCC#Cc1cnc2nc1NCCCNS(=O)(=O)c1cccc(c1)N2)Nc1cccc(C(F)(F)F)c1. The summed E-state index contributed by atoms with van der Waals surface area (Å²) in [4.78, 5) is 20.8. The molecule has 5 N–H and O–H groups in total. The predicted molar refractivity (Wildman–Crippen MR) is 135 cm³/mol. The maximum Gasteiger partial charge on any atom is 0.416 e. The highest BCUT2D eigenvalue weighted by Gasteiger charge is 2.30. The van der Waals surface area contributed by atoms with E-state index in [-0.39, 0.29) is 29.6 Å². The second kappa shape index (κ2) is 11.4. The third kappa shape index (κ3) is 7.11. The quantitative estimate of drug-likeness (QED) is 0.311. The molecule has 0 saturated carbocycles. The Hall–Kier alpha value is -4.35. The number of nitrogens with zero attached hydrogens (tertiary/aromatic N) is 2. The molecule has 38 heavy (non-hydrogen) atoms. The van der Waals surface area contributed by atoms with Crippen molar-refractivity contribution in [2.75, 3.05) is 35.6 Å². The molecule has 0 fully saturated rings. The van der Waals surface area contributed by atoms with Gasteiger partial charge in [0.05, 0.1) is 28.8 Å². The molecule has 1 aliphatic heterocycles. The van der Waals surface area contributed by atoms with Crippen molar-refractivity contribution in [2.24, 2.45) is 0 Å². The summed E-state index contributed by atoms with van der Waals surface area (Å²) in [5.41, 5.74) is 0.0255. The topological polar surface area (TPSA) is 137 Å². The summed E-state index contributed by atoms with van der Waals surface area (Å²) < 4.78 is 66.0. The van der Waals surface area contributed by atoms with E-state index in [4.69, 9.17) is 0 Å². The van der Waals surface area contributed by atoms with Crippen LogP contribution in [0.2, 0.25) is 0 Å². The third-order valence-electron chi connectivity index (χ3n) is 5.14. The molecule has 4 bridgehead atoms. The minimum Gasteiger partial charge on any atom is -0.369 e. The number of benzene rings is 2. The molecule has 14 heteroatoms.